The molecule has 0 fully saturated rings. The predicted molar refractivity (Wildman–Crippen MR) is 50.1 cm³/mol. The van der Waals surface area contributed by atoms with E-state index < -0.39 is 59.7 Å². The molecular weight excluding hydrogens is 808 g/mol. The first-order chi connectivity index (χ1) is 13.2. The van der Waals surface area contributed by atoms with Gasteiger partial charge in [-0.2, -0.15) is 0 Å². The van der Waals surface area contributed by atoms with Crippen molar-refractivity contribution in [2.24, 2.45) is 0 Å². The van der Waals surface area contributed by atoms with Gasteiger partial charge in [0.25, 0.3) is 0 Å². The van der Waals surface area contributed by atoms with Crippen molar-refractivity contribution in [3.05, 3.63) is 0 Å². The summed E-state index contributed by atoms with van der Waals surface area (Å²) in [5.41, 5.74) is 0. The summed E-state index contributed by atoms with van der Waals surface area (Å²) in [6, 6.07) is 0. The molecule has 0 aliphatic carbocycles. The Morgan fingerprint density at radius 3 is 0.250 bits per heavy atom. The third kappa shape index (κ3) is 63.4. The molecule has 0 atom stereocenters. The van der Waals surface area contributed by atoms with Crippen LogP contribution in [-0.2, 0) is 90.1 Å². The number of aliphatic carboxylic acids is 10. The number of hydrogen-bond donors (Lipinski definition) is 0. The zero-order valence-corrected chi connectivity index (χ0v) is 19.8. The summed E-state index contributed by atoms with van der Waals surface area (Å²) < 4.78 is 0. The minimum atomic E-state index is -2.19. The van der Waals surface area contributed by atoms with Crippen LogP contribution in [-0.4, -0.2) is 59.7 Å². The molecule has 0 N–H and O–H groups in total. The molecule has 22 heteroatoms. The van der Waals surface area contributed by atoms with Crippen LogP contribution in [0.5, 0.6) is 0 Å². The molecule has 0 rings (SSSR count). The van der Waals surface area contributed by atoms with E-state index in [4.69, 9.17) is 99.0 Å². The minimum absolute atomic E-state index is 0. The molecule has 20 nitrogen and oxygen atoms in total. The summed E-state index contributed by atoms with van der Waals surface area (Å²) in [6.45, 7) is 0. The average molecular weight is 808 g/mol. The maximum absolute atomic E-state index is 8.93. The van der Waals surface area contributed by atoms with Gasteiger partial charge in [-0.1, -0.05) is 0 Å². The van der Waals surface area contributed by atoms with Crippen molar-refractivity contribution < 1.29 is 141 Å². The van der Waals surface area contributed by atoms with Crippen molar-refractivity contribution in [1.29, 1.82) is 0 Å². The van der Waals surface area contributed by atoms with Crippen LogP contribution in [0.2, 0.25) is 0 Å². The Morgan fingerprint density at radius 1 is 0.219 bits per heavy atom. The van der Waals surface area contributed by atoms with Crippen molar-refractivity contribution in [3.8, 4) is 0 Å². The van der Waals surface area contributed by atoms with E-state index in [1.165, 1.54) is 0 Å². The van der Waals surface area contributed by atoms with Gasteiger partial charge < -0.3 is 99.0 Å². The SMILES string of the molecule is O=C([O-])C(=O)[O-].O=C([O-])C(=O)[O-].O=C([O-])C(=O)[O-].O=C([O-])C(=O)[O-].O=C([O-])C(=O)[O-].[W].[W]. The largest absolute Gasteiger partial charge is 0.543 e. The van der Waals surface area contributed by atoms with E-state index >= 15 is 0 Å². The zero-order chi connectivity index (χ0) is 25.8. The van der Waals surface area contributed by atoms with E-state index in [0.717, 1.165) is 0 Å². The van der Waals surface area contributed by atoms with E-state index in [1.807, 2.05) is 0 Å². The van der Waals surface area contributed by atoms with Crippen molar-refractivity contribution >= 4 is 59.7 Å². The van der Waals surface area contributed by atoms with Gasteiger partial charge in [0.2, 0.25) is 0 Å². The molecule has 0 aliphatic heterocycles. The van der Waals surface area contributed by atoms with Gasteiger partial charge in [0.05, 0.1) is 59.7 Å². The molecule has 32 heavy (non-hydrogen) atoms. The van der Waals surface area contributed by atoms with Crippen LogP contribution < -0.4 is 51.1 Å². The van der Waals surface area contributed by atoms with E-state index in [0.29, 0.717) is 0 Å². The van der Waals surface area contributed by atoms with Crippen LogP contribution in [0.4, 0.5) is 0 Å². The quantitative estimate of drug-likeness (QED) is 0.205. The van der Waals surface area contributed by atoms with Crippen LogP contribution in [0.3, 0.4) is 0 Å². The van der Waals surface area contributed by atoms with Crippen molar-refractivity contribution in [1.82, 2.24) is 0 Å². The Morgan fingerprint density at radius 2 is 0.250 bits per heavy atom. The van der Waals surface area contributed by atoms with Gasteiger partial charge in [0, 0.05) is 42.1 Å². The van der Waals surface area contributed by atoms with Crippen molar-refractivity contribution in [2.45, 2.75) is 0 Å². The first-order valence-electron chi connectivity index (χ1n) is 5.33. The smallest absolute Gasteiger partial charge is 0.0870 e. The fourth-order valence-corrected chi connectivity index (χ4v) is 0. The average Bonchev–Trinajstić information content (AvgIpc) is 2.56. The van der Waals surface area contributed by atoms with Crippen molar-refractivity contribution in [2.75, 3.05) is 0 Å². The molecule has 0 aromatic rings. The van der Waals surface area contributed by atoms with Crippen LogP contribution in [0.1, 0.15) is 0 Å². The van der Waals surface area contributed by atoms with Crippen LogP contribution in [0, 0.1) is 0 Å². The minimum Gasteiger partial charge on any atom is -0.543 e. The zero-order valence-electron chi connectivity index (χ0n) is 14.0. The second kappa shape index (κ2) is 27.1. The molecule has 0 unspecified atom stereocenters. The summed E-state index contributed by atoms with van der Waals surface area (Å²) in [4.78, 5) is 89.3. The first kappa shape index (κ1) is 46.3. The molecule has 0 radical (unpaired) electrons. The molecule has 0 amide bonds. The molecule has 0 saturated heterocycles. The van der Waals surface area contributed by atoms with Gasteiger partial charge >= 0.3 is 0 Å². The molecule has 182 valence electrons. The van der Waals surface area contributed by atoms with Gasteiger partial charge in [0.15, 0.2) is 0 Å². The second-order valence-electron chi connectivity index (χ2n) is 2.87. The number of rotatable bonds is 0. The maximum Gasteiger partial charge on any atom is 0.0870 e. The monoisotopic (exact) mass is 808 g/mol. The maximum atomic E-state index is 8.93. The standard InChI is InChI=1S/5C2H2O4.2W/c5*3-1(4)2(5)6;;/h5*(H,3,4)(H,5,6);;/p-10. The van der Waals surface area contributed by atoms with Crippen LogP contribution >= 0.6 is 0 Å². The number of hydrogen-bond acceptors (Lipinski definition) is 20. The number of carbonyl (C=O) groups is 10. The summed E-state index contributed by atoms with van der Waals surface area (Å²) in [5.74, 6) is -21.9. The Labute approximate surface area is 200 Å². The van der Waals surface area contributed by atoms with Gasteiger partial charge in [0.1, 0.15) is 0 Å². The summed E-state index contributed by atoms with van der Waals surface area (Å²) >= 11 is 0. The summed E-state index contributed by atoms with van der Waals surface area (Å²) in [7, 11) is 0. The molecule has 0 bridgehead atoms. The molecule has 0 saturated carbocycles. The predicted octanol–water partition coefficient (Wildman–Crippen LogP) is -17.6. The third-order valence-electron chi connectivity index (χ3n) is 0.833. The molecular formula is C10O20W2-10. The fourth-order valence-electron chi connectivity index (χ4n) is 0. The van der Waals surface area contributed by atoms with Gasteiger partial charge in [-0.05, 0) is 0 Å². The summed E-state index contributed by atoms with van der Waals surface area (Å²) in [6.07, 6.45) is 0. The van der Waals surface area contributed by atoms with Gasteiger partial charge in [-0.25, -0.2) is 0 Å². The van der Waals surface area contributed by atoms with Gasteiger partial charge in [-0.15, -0.1) is 0 Å². The molecule has 0 aromatic heterocycles. The Bertz CT molecular complexity index is 508. The first-order valence-corrected chi connectivity index (χ1v) is 5.33. The Hall–Kier alpha value is -3.92. The second-order valence-corrected chi connectivity index (χ2v) is 2.87. The number of carbonyl (C=O) groups excluding carboxylic acids is 10. The normalized spacial score (nSPS) is 6.88. The van der Waals surface area contributed by atoms with E-state index in [-0.39, 0.29) is 42.1 Å². The Kier molecular flexibility index (Phi) is 39.2. The molecule has 0 spiro atoms. The van der Waals surface area contributed by atoms with Gasteiger partial charge in [-0.3, -0.25) is 0 Å². The number of carboxylic acid groups (broad SMARTS) is 10. The molecule has 0 heterocycles. The Balaban J connectivity index is -0.0000000481. The van der Waals surface area contributed by atoms with E-state index in [1.54, 1.807) is 0 Å². The van der Waals surface area contributed by atoms with Crippen LogP contribution in [0.15, 0.2) is 0 Å². The van der Waals surface area contributed by atoms with E-state index in [2.05, 4.69) is 0 Å². The fraction of sp³-hybridized carbons (Fsp3) is 0. The number of carboxylic acids is 10. The van der Waals surface area contributed by atoms with Crippen LogP contribution in [0.25, 0.3) is 0 Å². The third-order valence-corrected chi connectivity index (χ3v) is 0.833. The molecule has 0 aromatic carbocycles. The van der Waals surface area contributed by atoms with Crippen molar-refractivity contribution in [3.63, 3.8) is 0 Å². The summed E-state index contributed by atoms with van der Waals surface area (Å²) in [5, 5.41) is 89.3. The van der Waals surface area contributed by atoms with E-state index in [9.17, 15) is 0 Å². The molecule has 0 aliphatic rings. The topological polar surface area (TPSA) is 401 Å².